The molecule has 3 fully saturated rings. The Morgan fingerprint density at radius 2 is 2.00 bits per heavy atom. The van der Waals surface area contributed by atoms with E-state index in [9.17, 15) is 14.5 Å². The first-order valence-corrected chi connectivity index (χ1v) is 10.8. The van der Waals surface area contributed by atoms with E-state index in [1.54, 1.807) is 0 Å². The highest BCUT2D eigenvalue weighted by Crippen LogP contribution is 2.89. The van der Waals surface area contributed by atoms with Gasteiger partial charge >= 0.3 is 0 Å². The SMILES string of the molecule is CCCCCCC(C)(C)c1cc(C=O)c([C@]23CC(=O)[C@H]4C[C@@H]2C43C)c(N=O)c1. The van der Waals surface area contributed by atoms with Gasteiger partial charge in [-0.25, -0.2) is 0 Å². The van der Waals surface area contributed by atoms with Gasteiger partial charge in [0.2, 0.25) is 0 Å². The van der Waals surface area contributed by atoms with Crippen molar-refractivity contribution in [2.75, 3.05) is 0 Å². The largest absolute Gasteiger partial charge is 0.299 e. The molecule has 1 unspecified atom stereocenters. The molecule has 0 spiro atoms. The average Bonchev–Trinajstić information content (AvgIpc) is 2.98. The van der Waals surface area contributed by atoms with Crippen LogP contribution in [0.1, 0.15) is 94.1 Å². The van der Waals surface area contributed by atoms with Crippen LogP contribution in [0.3, 0.4) is 0 Å². The molecule has 1 aromatic rings. The van der Waals surface area contributed by atoms with Crippen molar-refractivity contribution in [3.63, 3.8) is 0 Å². The molecule has 4 nitrogen and oxygen atoms in total. The van der Waals surface area contributed by atoms with Gasteiger partial charge in [-0.2, -0.15) is 0 Å². The predicted octanol–water partition coefficient (Wildman–Crippen LogP) is 6.01. The van der Waals surface area contributed by atoms with Gasteiger partial charge in [-0.05, 0) is 58.0 Å². The quantitative estimate of drug-likeness (QED) is 0.299. The zero-order valence-electron chi connectivity index (χ0n) is 17.5. The molecule has 0 bridgehead atoms. The molecule has 0 aromatic heterocycles. The van der Waals surface area contributed by atoms with Crippen molar-refractivity contribution < 1.29 is 9.59 Å². The van der Waals surface area contributed by atoms with Gasteiger partial charge in [0.05, 0.1) is 0 Å². The molecule has 0 heterocycles. The van der Waals surface area contributed by atoms with Crippen LogP contribution in [0.4, 0.5) is 5.69 Å². The molecule has 0 saturated heterocycles. The summed E-state index contributed by atoms with van der Waals surface area (Å²) >= 11 is 0. The Balaban J connectivity index is 1.72. The fraction of sp³-hybridized carbons (Fsp3) is 0.667. The van der Waals surface area contributed by atoms with E-state index in [0.717, 1.165) is 36.7 Å². The normalized spacial score (nSPS) is 32.6. The Morgan fingerprint density at radius 3 is 2.54 bits per heavy atom. The Hall–Kier alpha value is -1.84. The summed E-state index contributed by atoms with van der Waals surface area (Å²) in [6, 6.07) is 3.85. The highest BCUT2D eigenvalue weighted by atomic mass is 16.3. The number of benzene rings is 1. The molecule has 4 heteroatoms. The lowest BCUT2D eigenvalue weighted by molar-refractivity contribution is -0.126. The molecule has 3 aliphatic rings. The molecule has 0 N–H and O–H groups in total. The monoisotopic (exact) mass is 381 g/mol. The second-order valence-corrected chi connectivity index (χ2v) is 10.1. The standard InChI is InChI=1S/C24H31NO3/c1-5-6-7-8-9-22(2,3)16-10-15(14-26)21(18(11-16)25-28)24-13-19(27)17-12-20(24)23(17,24)4/h10-11,14,17,20H,5-9,12-13H2,1-4H3/t17-,20-,23?,24+/m1/s1. The van der Waals surface area contributed by atoms with E-state index in [4.69, 9.17) is 0 Å². The van der Waals surface area contributed by atoms with Gasteiger partial charge in [-0.15, -0.1) is 4.91 Å². The van der Waals surface area contributed by atoms with Crippen LogP contribution in [-0.2, 0) is 15.6 Å². The lowest BCUT2D eigenvalue weighted by Gasteiger charge is -2.30. The molecule has 3 aliphatic carbocycles. The second kappa shape index (κ2) is 6.33. The van der Waals surface area contributed by atoms with E-state index >= 15 is 0 Å². The summed E-state index contributed by atoms with van der Waals surface area (Å²) in [4.78, 5) is 36.4. The number of hydrogen-bond donors (Lipinski definition) is 0. The van der Waals surface area contributed by atoms with Crippen molar-refractivity contribution in [3.8, 4) is 0 Å². The van der Waals surface area contributed by atoms with E-state index < -0.39 is 0 Å². The fourth-order valence-corrected chi connectivity index (χ4v) is 6.68. The summed E-state index contributed by atoms with van der Waals surface area (Å²) in [6.07, 6.45) is 7.99. The fourth-order valence-electron chi connectivity index (χ4n) is 6.68. The van der Waals surface area contributed by atoms with Crippen LogP contribution in [0.25, 0.3) is 0 Å². The van der Waals surface area contributed by atoms with Crippen molar-refractivity contribution in [2.24, 2.45) is 22.4 Å². The third-order valence-electron chi connectivity index (χ3n) is 8.49. The predicted molar refractivity (Wildman–Crippen MR) is 110 cm³/mol. The lowest BCUT2D eigenvalue weighted by Crippen LogP contribution is -2.31. The van der Waals surface area contributed by atoms with Gasteiger partial charge in [-0.3, -0.25) is 9.59 Å². The highest BCUT2D eigenvalue weighted by molar-refractivity contribution is 5.95. The molecule has 0 amide bonds. The highest BCUT2D eigenvalue weighted by Gasteiger charge is 2.89. The minimum Gasteiger partial charge on any atom is -0.299 e. The summed E-state index contributed by atoms with van der Waals surface area (Å²) in [6.45, 7) is 8.70. The first kappa shape index (κ1) is 19.5. The first-order chi connectivity index (χ1) is 13.3. The number of Topliss-reactive ketones (excluding diaryl/α,β-unsaturated/α-hetero) is 1. The van der Waals surface area contributed by atoms with Crippen LogP contribution in [0.15, 0.2) is 17.3 Å². The van der Waals surface area contributed by atoms with Gasteiger partial charge in [0.15, 0.2) is 0 Å². The molecule has 0 radical (unpaired) electrons. The molecule has 28 heavy (non-hydrogen) atoms. The van der Waals surface area contributed by atoms with E-state index in [1.807, 2.05) is 12.1 Å². The Labute approximate surface area is 167 Å². The number of unbranched alkanes of at least 4 members (excludes halogenated alkanes) is 3. The smallest absolute Gasteiger partial charge is 0.150 e. The zero-order chi connectivity index (χ0) is 20.3. The first-order valence-electron chi connectivity index (χ1n) is 10.8. The van der Waals surface area contributed by atoms with Gasteiger partial charge in [0.25, 0.3) is 0 Å². The maximum Gasteiger partial charge on any atom is 0.150 e. The van der Waals surface area contributed by atoms with E-state index in [-0.39, 0.29) is 22.2 Å². The average molecular weight is 382 g/mol. The Bertz CT molecular complexity index is 828. The number of nitroso groups, excluding NO2 is 1. The van der Waals surface area contributed by atoms with E-state index in [2.05, 4.69) is 32.9 Å². The van der Waals surface area contributed by atoms with Crippen molar-refractivity contribution in [1.82, 2.24) is 0 Å². The molecular weight excluding hydrogens is 350 g/mol. The van der Waals surface area contributed by atoms with Crippen LogP contribution in [-0.4, -0.2) is 12.1 Å². The number of carbonyl (C=O) groups excluding carboxylic acids is 2. The topological polar surface area (TPSA) is 63.6 Å². The molecule has 0 aliphatic heterocycles. The Morgan fingerprint density at radius 1 is 1.25 bits per heavy atom. The van der Waals surface area contributed by atoms with Crippen LogP contribution in [0, 0.1) is 22.2 Å². The number of aldehydes is 1. The number of ketones is 1. The molecule has 1 aromatic carbocycles. The van der Waals surface area contributed by atoms with Crippen LogP contribution in [0.5, 0.6) is 0 Å². The molecular formula is C24H31NO3. The van der Waals surface area contributed by atoms with Crippen molar-refractivity contribution in [3.05, 3.63) is 33.7 Å². The lowest BCUT2D eigenvalue weighted by atomic mass is 9.73. The summed E-state index contributed by atoms with van der Waals surface area (Å²) in [7, 11) is 0. The number of rotatable bonds is 9. The molecule has 3 saturated carbocycles. The zero-order valence-corrected chi connectivity index (χ0v) is 17.5. The number of carbonyl (C=O) groups is 2. The van der Waals surface area contributed by atoms with Crippen molar-refractivity contribution in [2.45, 2.75) is 83.5 Å². The summed E-state index contributed by atoms with van der Waals surface area (Å²) < 4.78 is 0. The van der Waals surface area contributed by atoms with Crippen LogP contribution < -0.4 is 0 Å². The van der Waals surface area contributed by atoms with Gasteiger partial charge < -0.3 is 0 Å². The van der Waals surface area contributed by atoms with Crippen LogP contribution in [0.2, 0.25) is 0 Å². The van der Waals surface area contributed by atoms with E-state index in [1.165, 1.54) is 19.3 Å². The summed E-state index contributed by atoms with van der Waals surface area (Å²) in [5.74, 6) is 0.806. The molecule has 4 rings (SSSR count). The van der Waals surface area contributed by atoms with Crippen molar-refractivity contribution >= 4 is 17.8 Å². The van der Waals surface area contributed by atoms with Crippen LogP contribution >= 0.6 is 0 Å². The third kappa shape index (κ3) is 2.29. The third-order valence-corrected chi connectivity index (χ3v) is 8.49. The number of fused-ring (bicyclic) bond motifs is 1. The molecule has 4 atom stereocenters. The minimum atomic E-state index is -0.335. The summed E-state index contributed by atoms with van der Waals surface area (Å²) in [5, 5.41) is 3.37. The van der Waals surface area contributed by atoms with Gasteiger partial charge in [0, 0.05) is 23.3 Å². The maximum atomic E-state index is 12.4. The maximum absolute atomic E-state index is 12.4. The number of nitrogens with zero attached hydrogens (tertiary/aromatic N) is 1. The van der Waals surface area contributed by atoms with Crippen molar-refractivity contribution in [1.29, 1.82) is 0 Å². The molecule has 150 valence electrons. The minimum absolute atomic E-state index is 0.0710. The van der Waals surface area contributed by atoms with E-state index in [0.29, 0.717) is 29.4 Å². The van der Waals surface area contributed by atoms with Gasteiger partial charge in [-0.1, -0.05) is 53.4 Å². The Kier molecular flexibility index (Phi) is 4.40. The van der Waals surface area contributed by atoms with Gasteiger partial charge in [0.1, 0.15) is 17.8 Å². The summed E-state index contributed by atoms with van der Waals surface area (Å²) in [5.41, 5.74) is 2.17. The number of hydrogen-bond acceptors (Lipinski definition) is 4. The second-order valence-electron chi connectivity index (χ2n) is 10.1.